The Kier molecular flexibility index (Phi) is 4.78. The molecular weight excluding hydrogens is 286 g/mol. The van der Waals surface area contributed by atoms with Crippen molar-refractivity contribution >= 4 is 28.3 Å². The fourth-order valence-corrected chi connectivity index (χ4v) is 3.39. The van der Waals surface area contributed by atoms with Crippen LogP contribution in [0.3, 0.4) is 0 Å². The third-order valence-corrected chi connectivity index (χ3v) is 4.45. The first-order chi connectivity index (χ1) is 9.84. The molecule has 1 N–H and O–H groups in total. The number of hydrogen-bond donors (Lipinski definition) is 1. The predicted molar refractivity (Wildman–Crippen MR) is 84.3 cm³/mol. The molecule has 1 unspecified atom stereocenters. The zero-order chi connectivity index (χ0) is 15.6. The van der Waals surface area contributed by atoms with Crippen LogP contribution in [-0.2, 0) is 9.59 Å². The van der Waals surface area contributed by atoms with E-state index in [0.29, 0.717) is 18.0 Å². The maximum absolute atomic E-state index is 12.2. The van der Waals surface area contributed by atoms with E-state index >= 15 is 0 Å². The van der Waals surface area contributed by atoms with Crippen LogP contribution in [0, 0.1) is 5.41 Å². The van der Waals surface area contributed by atoms with E-state index < -0.39 is 0 Å². The number of aromatic nitrogens is 1. The zero-order valence-corrected chi connectivity index (χ0v) is 13.9. The summed E-state index contributed by atoms with van der Waals surface area (Å²) in [5.74, 6) is -0.294. The van der Waals surface area contributed by atoms with Crippen LogP contribution in [-0.4, -0.2) is 23.3 Å². The first-order valence-corrected chi connectivity index (χ1v) is 8.26. The fraction of sp³-hybridized carbons (Fsp3) is 0.667. The van der Waals surface area contributed by atoms with E-state index in [-0.39, 0.29) is 23.3 Å². The van der Waals surface area contributed by atoms with Gasteiger partial charge >= 0.3 is 0 Å². The minimum Gasteiger partial charge on any atom is -0.309 e. The van der Waals surface area contributed by atoms with Gasteiger partial charge in [-0.25, -0.2) is 9.88 Å². The lowest BCUT2D eigenvalue weighted by atomic mass is 9.82. The van der Waals surface area contributed by atoms with E-state index in [4.69, 9.17) is 0 Å². The quantitative estimate of drug-likeness (QED) is 0.850. The summed E-state index contributed by atoms with van der Waals surface area (Å²) in [6, 6.07) is 0.126. The Morgan fingerprint density at radius 3 is 2.57 bits per heavy atom. The molecule has 0 saturated carbocycles. The molecule has 1 saturated heterocycles. The van der Waals surface area contributed by atoms with Crippen molar-refractivity contribution in [2.45, 2.75) is 53.0 Å². The standard InChI is InChI=1S/C15H23N3O2S/c1-5-6-16-10(2)11-9-21-14(17-11)18-12(19)7-15(3,4)8-13(18)20/h9-10,16H,5-8H2,1-4H3. The molecule has 0 radical (unpaired) electrons. The number of imide groups is 1. The maximum atomic E-state index is 12.2. The van der Waals surface area contributed by atoms with E-state index in [2.05, 4.69) is 17.2 Å². The minimum atomic E-state index is -0.249. The maximum Gasteiger partial charge on any atom is 0.236 e. The molecule has 1 aliphatic heterocycles. The second-order valence-corrected chi connectivity index (χ2v) is 7.21. The SMILES string of the molecule is CCCNC(C)c1csc(N2C(=O)CC(C)(C)CC2=O)n1. The normalized spacial score (nSPS) is 19.9. The average molecular weight is 309 g/mol. The Bertz CT molecular complexity index is 519. The summed E-state index contributed by atoms with van der Waals surface area (Å²) < 4.78 is 0. The van der Waals surface area contributed by atoms with Gasteiger partial charge in [0.2, 0.25) is 11.8 Å². The molecule has 0 spiro atoms. The molecule has 1 aromatic rings. The Morgan fingerprint density at radius 2 is 2.00 bits per heavy atom. The highest BCUT2D eigenvalue weighted by molar-refractivity contribution is 7.14. The summed E-state index contributed by atoms with van der Waals surface area (Å²) in [6.07, 6.45) is 1.83. The number of hydrogen-bond acceptors (Lipinski definition) is 5. The monoisotopic (exact) mass is 309 g/mol. The highest BCUT2D eigenvalue weighted by Crippen LogP contribution is 2.35. The fourth-order valence-electron chi connectivity index (χ4n) is 2.44. The molecule has 6 heteroatoms. The first-order valence-electron chi connectivity index (χ1n) is 7.38. The lowest BCUT2D eigenvalue weighted by Crippen LogP contribution is -2.46. The van der Waals surface area contributed by atoms with Crippen molar-refractivity contribution in [3.63, 3.8) is 0 Å². The highest BCUT2D eigenvalue weighted by Gasteiger charge is 2.39. The molecule has 1 atom stereocenters. The molecule has 0 aromatic carbocycles. The number of nitrogens with one attached hydrogen (secondary N) is 1. The van der Waals surface area contributed by atoms with Crippen molar-refractivity contribution in [3.05, 3.63) is 11.1 Å². The van der Waals surface area contributed by atoms with Crippen molar-refractivity contribution < 1.29 is 9.59 Å². The number of piperidine rings is 1. The van der Waals surface area contributed by atoms with Gasteiger partial charge in [0.15, 0.2) is 5.13 Å². The molecule has 1 fully saturated rings. The second kappa shape index (κ2) is 6.23. The van der Waals surface area contributed by atoms with Gasteiger partial charge in [-0.15, -0.1) is 11.3 Å². The Labute approximate surface area is 129 Å². The van der Waals surface area contributed by atoms with Crippen LogP contribution in [0.5, 0.6) is 0 Å². The molecule has 5 nitrogen and oxygen atoms in total. The summed E-state index contributed by atoms with van der Waals surface area (Å²) >= 11 is 1.36. The van der Waals surface area contributed by atoms with Crippen LogP contribution in [0.4, 0.5) is 5.13 Å². The number of amides is 2. The summed E-state index contributed by atoms with van der Waals surface area (Å²) in [4.78, 5) is 30.2. The molecule has 0 bridgehead atoms. The van der Waals surface area contributed by atoms with Gasteiger partial charge in [0.1, 0.15) is 0 Å². The van der Waals surface area contributed by atoms with Crippen LogP contribution in [0.2, 0.25) is 0 Å². The Hall–Kier alpha value is -1.27. The van der Waals surface area contributed by atoms with Gasteiger partial charge in [-0.2, -0.15) is 0 Å². The second-order valence-electron chi connectivity index (χ2n) is 6.37. The zero-order valence-electron chi connectivity index (χ0n) is 13.1. The third kappa shape index (κ3) is 3.68. The number of carbonyl (C=O) groups excluding carboxylic acids is 2. The molecule has 2 heterocycles. The van der Waals surface area contributed by atoms with Crippen molar-refractivity contribution in [1.82, 2.24) is 10.3 Å². The van der Waals surface area contributed by atoms with Gasteiger partial charge in [0.25, 0.3) is 0 Å². The number of rotatable bonds is 5. The van der Waals surface area contributed by atoms with Crippen molar-refractivity contribution in [2.24, 2.45) is 5.41 Å². The summed E-state index contributed by atoms with van der Waals surface area (Å²) in [5, 5.41) is 5.78. The van der Waals surface area contributed by atoms with Crippen molar-refractivity contribution in [3.8, 4) is 0 Å². The van der Waals surface area contributed by atoms with Gasteiger partial charge in [-0.3, -0.25) is 9.59 Å². The van der Waals surface area contributed by atoms with Gasteiger partial charge < -0.3 is 5.32 Å². The number of nitrogens with zero attached hydrogens (tertiary/aromatic N) is 2. The van der Waals surface area contributed by atoms with E-state index in [1.54, 1.807) is 0 Å². The molecule has 2 amide bonds. The van der Waals surface area contributed by atoms with E-state index in [0.717, 1.165) is 18.7 Å². The average Bonchev–Trinajstić information content (AvgIpc) is 2.82. The van der Waals surface area contributed by atoms with E-state index in [1.807, 2.05) is 26.2 Å². The van der Waals surface area contributed by atoms with Crippen molar-refractivity contribution in [2.75, 3.05) is 11.4 Å². The Morgan fingerprint density at radius 1 is 1.38 bits per heavy atom. The third-order valence-electron chi connectivity index (χ3n) is 3.60. The van der Waals surface area contributed by atoms with E-state index in [1.165, 1.54) is 16.2 Å². The van der Waals surface area contributed by atoms with Crippen LogP contribution in [0.15, 0.2) is 5.38 Å². The molecule has 0 aliphatic carbocycles. The lowest BCUT2D eigenvalue weighted by Gasteiger charge is -2.33. The molecular formula is C15H23N3O2S. The summed E-state index contributed by atoms with van der Waals surface area (Å²) in [6.45, 7) is 8.97. The van der Waals surface area contributed by atoms with Crippen LogP contribution in [0.25, 0.3) is 0 Å². The van der Waals surface area contributed by atoms with Crippen LogP contribution >= 0.6 is 11.3 Å². The van der Waals surface area contributed by atoms with Gasteiger partial charge in [-0.1, -0.05) is 20.8 Å². The molecule has 21 heavy (non-hydrogen) atoms. The largest absolute Gasteiger partial charge is 0.309 e. The Balaban J connectivity index is 2.14. The number of anilines is 1. The number of thiazole rings is 1. The topological polar surface area (TPSA) is 62.3 Å². The molecule has 1 aliphatic rings. The smallest absolute Gasteiger partial charge is 0.236 e. The van der Waals surface area contributed by atoms with Gasteiger partial charge in [-0.05, 0) is 25.3 Å². The van der Waals surface area contributed by atoms with E-state index in [9.17, 15) is 9.59 Å². The summed E-state index contributed by atoms with van der Waals surface area (Å²) in [5.41, 5.74) is 0.634. The van der Waals surface area contributed by atoms with Gasteiger partial charge in [0, 0.05) is 24.3 Å². The molecule has 2 rings (SSSR count). The molecule has 116 valence electrons. The lowest BCUT2D eigenvalue weighted by molar-refractivity contribution is -0.132. The number of carbonyl (C=O) groups is 2. The van der Waals surface area contributed by atoms with Crippen molar-refractivity contribution in [1.29, 1.82) is 0 Å². The molecule has 1 aromatic heterocycles. The first kappa shape index (κ1) is 16.1. The van der Waals surface area contributed by atoms with Crippen LogP contribution in [0.1, 0.15) is 58.7 Å². The summed E-state index contributed by atoms with van der Waals surface area (Å²) in [7, 11) is 0. The minimum absolute atomic E-state index is 0.126. The van der Waals surface area contributed by atoms with Crippen LogP contribution < -0.4 is 10.2 Å². The van der Waals surface area contributed by atoms with Gasteiger partial charge in [0.05, 0.1) is 5.69 Å². The predicted octanol–water partition coefficient (Wildman–Crippen LogP) is 2.88. The highest BCUT2D eigenvalue weighted by atomic mass is 32.1.